The predicted molar refractivity (Wildman–Crippen MR) is 94.1 cm³/mol. The van der Waals surface area contributed by atoms with Crippen molar-refractivity contribution in [3.8, 4) is 0 Å². The molecular formula is C20H12ClNO. The Labute approximate surface area is 138 Å². The monoisotopic (exact) mass is 317 g/mol. The number of fused-ring (bicyclic) bond motifs is 3. The topological polar surface area (TPSA) is 30.0 Å². The second-order valence-electron chi connectivity index (χ2n) is 5.36. The molecule has 0 amide bonds. The van der Waals surface area contributed by atoms with Crippen molar-refractivity contribution in [2.24, 2.45) is 0 Å². The molecule has 3 heteroatoms. The first kappa shape index (κ1) is 13.9. The highest BCUT2D eigenvalue weighted by Gasteiger charge is 2.16. The molecule has 0 N–H and O–H groups in total. The van der Waals surface area contributed by atoms with E-state index in [0.29, 0.717) is 16.3 Å². The molecule has 0 aliphatic heterocycles. The lowest BCUT2D eigenvalue weighted by Crippen LogP contribution is -2.05. The number of hydrogen-bond acceptors (Lipinski definition) is 2. The van der Waals surface area contributed by atoms with Crippen molar-refractivity contribution in [1.82, 2.24) is 4.98 Å². The van der Waals surface area contributed by atoms with E-state index in [2.05, 4.69) is 4.98 Å². The van der Waals surface area contributed by atoms with Gasteiger partial charge >= 0.3 is 0 Å². The normalized spacial score (nSPS) is 11.0. The summed E-state index contributed by atoms with van der Waals surface area (Å²) in [5.41, 5.74) is 1.88. The van der Waals surface area contributed by atoms with Gasteiger partial charge in [-0.15, -0.1) is 0 Å². The maximum Gasteiger partial charge on any atom is 0.212 e. The van der Waals surface area contributed by atoms with Gasteiger partial charge in [0.2, 0.25) is 5.78 Å². The Morgan fingerprint density at radius 1 is 0.783 bits per heavy atom. The maximum absolute atomic E-state index is 12.9. The van der Waals surface area contributed by atoms with Gasteiger partial charge in [0.15, 0.2) is 0 Å². The van der Waals surface area contributed by atoms with Crippen molar-refractivity contribution >= 4 is 39.1 Å². The van der Waals surface area contributed by atoms with Crippen LogP contribution in [0.25, 0.3) is 21.7 Å². The second kappa shape index (κ2) is 5.49. The number of carbonyl (C=O) groups excluding carboxylic acids is 1. The van der Waals surface area contributed by atoms with Gasteiger partial charge in [-0.25, -0.2) is 4.98 Å². The average molecular weight is 318 g/mol. The van der Waals surface area contributed by atoms with Crippen molar-refractivity contribution < 1.29 is 4.79 Å². The summed E-state index contributed by atoms with van der Waals surface area (Å²) in [4.78, 5) is 17.5. The van der Waals surface area contributed by atoms with Crippen LogP contribution in [0.15, 0.2) is 72.8 Å². The molecule has 4 aromatic rings. The van der Waals surface area contributed by atoms with Gasteiger partial charge in [0, 0.05) is 21.4 Å². The van der Waals surface area contributed by atoms with E-state index in [4.69, 9.17) is 11.6 Å². The Morgan fingerprint density at radius 3 is 2.26 bits per heavy atom. The third-order valence-electron chi connectivity index (χ3n) is 3.91. The van der Waals surface area contributed by atoms with Crippen molar-refractivity contribution in [1.29, 1.82) is 0 Å². The molecule has 23 heavy (non-hydrogen) atoms. The molecule has 0 bridgehead atoms. The molecule has 1 heterocycles. The van der Waals surface area contributed by atoms with Crippen LogP contribution in [-0.2, 0) is 0 Å². The number of hydrogen-bond donors (Lipinski definition) is 0. The molecule has 0 saturated carbocycles. The molecule has 0 atom stereocenters. The molecule has 110 valence electrons. The molecule has 3 aromatic carbocycles. The van der Waals surface area contributed by atoms with Gasteiger partial charge in [0.1, 0.15) is 5.69 Å². The molecule has 0 aliphatic carbocycles. The van der Waals surface area contributed by atoms with Crippen LogP contribution in [0.1, 0.15) is 16.1 Å². The number of ketones is 1. The zero-order valence-corrected chi connectivity index (χ0v) is 12.9. The van der Waals surface area contributed by atoms with Gasteiger partial charge in [-0.3, -0.25) is 4.79 Å². The lowest BCUT2D eigenvalue weighted by Gasteiger charge is -2.09. The third kappa shape index (κ3) is 2.37. The minimum atomic E-state index is -0.0707. The first-order valence-corrected chi connectivity index (χ1v) is 7.69. The van der Waals surface area contributed by atoms with Gasteiger partial charge in [0.25, 0.3) is 0 Å². The molecule has 0 unspecified atom stereocenters. The van der Waals surface area contributed by atoms with Crippen LogP contribution < -0.4 is 0 Å². The maximum atomic E-state index is 12.9. The van der Waals surface area contributed by atoms with Crippen LogP contribution in [0, 0.1) is 0 Å². The Hall–Kier alpha value is -2.71. The van der Waals surface area contributed by atoms with Gasteiger partial charge in [-0.1, -0.05) is 66.2 Å². The van der Waals surface area contributed by atoms with E-state index in [1.807, 2.05) is 66.7 Å². The quantitative estimate of drug-likeness (QED) is 0.372. The molecule has 0 radical (unpaired) electrons. The minimum Gasteiger partial charge on any atom is -0.287 e. The number of aromatic nitrogens is 1. The first-order chi connectivity index (χ1) is 11.2. The number of halogens is 1. The minimum absolute atomic E-state index is 0.0707. The SMILES string of the molecule is O=C(c1ccccc1)c1nc2ccc(Cl)cc2c2ccccc12. The highest BCUT2D eigenvalue weighted by molar-refractivity contribution is 6.32. The predicted octanol–water partition coefficient (Wildman–Crippen LogP) is 5.27. The summed E-state index contributed by atoms with van der Waals surface area (Å²) in [7, 11) is 0. The van der Waals surface area contributed by atoms with Crippen LogP contribution in [0.5, 0.6) is 0 Å². The van der Waals surface area contributed by atoms with E-state index >= 15 is 0 Å². The van der Waals surface area contributed by atoms with Crippen molar-refractivity contribution in [2.45, 2.75) is 0 Å². The summed E-state index contributed by atoms with van der Waals surface area (Å²) in [6.07, 6.45) is 0. The fourth-order valence-electron chi connectivity index (χ4n) is 2.83. The summed E-state index contributed by atoms with van der Waals surface area (Å²) in [6.45, 7) is 0. The van der Waals surface area contributed by atoms with Gasteiger partial charge in [-0.05, 0) is 23.6 Å². The highest BCUT2D eigenvalue weighted by atomic mass is 35.5. The van der Waals surface area contributed by atoms with Crippen molar-refractivity contribution in [3.63, 3.8) is 0 Å². The molecule has 0 spiro atoms. The van der Waals surface area contributed by atoms with E-state index < -0.39 is 0 Å². The van der Waals surface area contributed by atoms with E-state index in [9.17, 15) is 4.79 Å². The van der Waals surface area contributed by atoms with E-state index in [-0.39, 0.29) is 5.78 Å². The number of nitrogens with zero attached hydrogens (tertiary/aromatic N) is 1. The standard InChI is InChI=1S/C20H12ClNO/c21-14-10-11-18-17(12-14)15-8-4-5-9-16(15)19(22-18)20(23)13-6-2-1-3-7-13/h1-12H. The Morgan fingerprint density at radius 2 is 1.48 bits per heavy atom. The fraction of sp³-hybridized carbons (Fsp3) is 0. The van der Waals surface area contributed by atoms with Gasteiger partial charge in [-0.2, -0.15) is 0 Å². The summed E-state index contributed by atoms with van der Waals surface area (Å²) in [6, 6.07) is 22.6. The molecule has 0 saturated heterocycles. The van der Waals surface area contributed by atoms with Crippen molar-refractivity contribution in [2.75, 3.05) is 0 Å². The number of benzene rings is 3. The van der Waals surface area contributed by atoms with Crippen LogP contribution in [0.4, 0.5) is 0 Å². The first-order valence-electron chi connectivity index (χ1n) is 7.32. The Kier molecular flexibility index (Phi) is 3.32. The largest absolute Gasteiger partial charge is 0.287 e. The fourth-order valence-corrected chi connectivity index (χ4v) is 3.00. The van der Waals surface area contributed by atoms with Crippen LogP contribution in [0.2, 0.25) is 5.02 Å². The van der Waals surface area contributed by atoms with Crippen molar-refractivity contribution in [3.05, 3.63) is 89.1 Å². The summed E-state index contributed by atoms with van der Waals surface area (Å²) in [5, 5.41) is 3.44. The zero-order chi connectivity index (χ0) is 15.8. The van der Waals surface area contributed by atoms with Gasteiger partial charge in [0.05, 0.1) is 5.52 Å². The Bertz CT molecular complexity index is 1040. The zero-order valence-electron chi connectivity index (χ0n) is 12.2. The molecule has 4 rings (SSSR count). The van der Waals surface area contributed by atoms with Crippen LogP contribution >= 0.6 is 11.6 Å². The molecule has 0 fully saturated rings. The van der Waals surface area contributed by atoms with E-state index in [1.165, 1.54) is 0 Å². The molecule has 0 aliphatic rings. The third-order valence-corrected chi connectivity index (χ3v) is 4.15. The molecule has 1 aromatic heterocycles. The summed E-state index contributed by atoms with van der Waals surface area (Å²) < 4.78 is 0. The number of carbonyl (C=O) groups is 1. The lowest BCUT2D eigenvalue weighted by molar-refractivity contribution is 0.103. The lowest BCUT2D eigenvalue weighted by atomic mass is 9.99. The highest BCUT2D eigenvalue weighted by Crippen LogP contribution is 2.29. The second-order valence-corrected chi connectivity index (χ2v) is 5.80. The molecule has 2 nitrogen and oxygen atoms in total. The van der Waals surface area contributed by atoms with Crippen LogP contribution in [-0.4, -0.2) is 10.8 Å². The molecular weight excluding hydrogens is 306 g/mol. The summed E-state index contributed by atoms with van der Waals surface area (Å²) in [5.74, 6) is -0.0707. The van der Waals surface area contributed by atoms with E-state index in [1.54, 1.807) is 6.07 Å². The number of rotatable bonds is 2. The number of pyridine rings is 1. The summed E-state index contributed by atoms with van der Waals surface area (Å²) >= 11 is 6.12. The van der Waals surface area contributed by atoms with Crippen LogP contribution in [0.3, 0.4) is 0 Å². The Balaban J connectivity index is 2.06. The van der Waals surface area contributed by atoms with Gasteiger partial charge < -0.3 is 0 Å². The smallest absolute Gasteiger partial charge is 0.212 e. The van der Waals surface area contributed by atoms with E-state index in [0.717, 1.165) is 21.7 Å². The average Bonchev–Trinajstić information content (AvgIpc) is 2.61.